The van der Waals surface area contributed by atoms with Gasteiger partial charge in [0.2, 0.25) is 0 Å². The summed E-state index contributed by atoms with van der Waals surface area (Å²) in [4.78, 5) is 24.9. The predicted molar refractivity (Wildman–Crippen MR) is 95.3 cm³/mol. The second kappa shape index (κ2) is 6.73. The Morgan fingerprint density at radius 3 is 2.19 bits per heavy atom. The summed E-state index contributed by atoms with van der Waals surface area (Å²) in [6.45, 7) is 1.47. The molecule has 0 aliphatic heterocycles. The lowest BCUT2D eigenvalue weighted by molar-refractivity contribution is -0.134. The highest BCUT2D eigenvalue weighted by atomic mass is 35.5. The first-order valence-corrected chi connectivity index (χ1v) is 9.80. The maximum Gasteiger partial charge on any atom is 0.340 e. The first-order chi connectivity index (χ1) is 12.7. The molecular formula is C20H22ClF2NO3. The van der Waals surface area contributed by atoms with Gasteiger partial charge in [-0.05, 0) is 75.3 Å². The van der Waals surface area contributed by atoms with Crippen LogP contribution in [0.15, 0.2) is 12.1 Å². The molecule has 4 fully saturated rings. The van der Waals surface area contributed by atoms with Crippen LogP contribution in [0.1, 0.15) is 55.8 Å². The lowest BCUT2D eigenvalue weighted by Gasteiger charge is -2.57. The Morgan fingerprint density at radius 2 is 1.63 bits per heavy atom. The molecule has 1 aromatic rings. The SMILES string of the molecule is C[C@@H](OC(=O)c1cc(F)c(F)cc1Cl)C(=O)NC12CC3CC(CC(C3)C1)C2. The van der Waals surface area contributed by atoms with Crippen molar-refractivity contribution in [3.05, 3.63) is 34.4 Å². The van der Waals surface area contributed by atoms with Crippen LogP contribution < -0.4 is 5.32 Å². The molecule has 4 bridgehead atoms. The lowest BCUT2D eigenvalue weighted by Crippen LogP contribution is -2.61. The third-order valence-electron chi connectivity index (χ3n) is 6.31. The third kappa shape index (κ3) is 3.56. The van der Waals surface area contributed by atoms with Crippen LogP contribution in [0, 0.1) is 29.4 Å². The number of nitrogens with one attached hydrogen (secondary N) is 1. The van der Waals surface area contributed by atoms with E-state index in [1.54, 1.807) is 0 Å². The average molecular weight is 398 g/mol. The third-order valence-corrected chi connectivity index (χ3v) is 6.62. The fourth-order valence-corrected chi connectivity index (χ4v) is 5.81. The van der Waals surface area contributed by atoms with Gasteiger partial charge in [0.05, 0.1) is 10.6 Å². The molecule has 4 aliphatic rings. The number of amides is 1. The Morgan fingerprint density at radius 1 is 1.11 bits per heavy atom. The maximum atomic E-state index is 13.4. The van der Waals surface area contributed by atoms with Crippen LogP contribution in [0.4, 0.5) is 8.78 Å². The van der Waals surface area contributed by atoms with E-state index in [-0.39, 0.29) is 22.0 Å². The Hall–Kier alpha value is -1.69. The summed E-state index contributed by atoms with van der Waals surface area (Å²) in [5.41, 5.74) is -0.489. The van der Waals surface area contributed by atoms with E-state index in [1.807, 2.05) is 0 Å². The first kappa shape index (κ1) is 18.7. The summed E-state index contributed by atoms with van der Waals surface area (Å²) in [7, 11) is 0. The molecule has 4 nitrogen and oxygen atoms in total. The second-order valence-corrected chi connectivity index (χ2v) is 8.89. The fourth-order valence-electron chi connectivity index (χ4n) is 5.58. The van der Waals surface area contributed by atoms with Crippen LogP contribution in [0.2, 0.25) is 5.02 Å². The van der Waals surface area contributed by atoms with Gasteiger partial charge in [-0.3, -0.25) is 4.79 Å². The van der Waals surface area contributed by atoms with Crippen LogP contribution in [-0.4, -0.2) is 23.5 Å². The Labute approximate surface area is 161 Å². The Kier molecular flexibility index (Phi) is 4.65. The van der Waals surface area contributed by atoms with Crippen LogP contribution in [0.25, 0.3) is 0 Å². The highest BCUT2D eigenvalue weighted by molar-refractivity contribution is 6.33. The molecule has 1 atom stereocenters. The molecule has 0 heterocycles. The molecule has 0 aromatic heterocycles. The zero-order valence-corrected chi connectivity index (χ0v) is 15.8. The molecule has 7 heteroatoms. The normalized spacial score (nSPS) is 32.2. The van der Waals surface area contributed by atoms with E-state index in [2.05, 4.69) is 5.32 Å². The van der Waals surface area contributed by atoms with E-state index in [9.17, 15) is 18.4 Å². The van der Waals surface area contributed by atoms with Crippen LogP contribution in [0.5, 0.6) is 0 Å². The van der Waals surface area contributed by atoms with Gasteiger partial charge in [0.1, 0.15) is 0 Å². The summed E-state index contributed by atoms with van der Waals surface area (Å²) in [5, 5.41) is 2.88. The summed E-state index contributed by atoms with van der Waals surface area (Å²) >= 11 is 5.80. The molecule has 5 rings (SSSR count). The van der Waals surface area contributed by atoms with Crippen molar-refractivity contribution in [1.82, 2.24) is 5.32 Å². The van der Waals surface area contributed by atoms with Crippen molar-refractivity contribution in [2.45, 2.75) is 57.1 Å². The zero-order valence-electron chi connectivity index (χ0n) is 15.1. The van der Waals surface area contributed by atoms with E-state index in [1.165, 1.54) is 26.2 Å². The number of benzene rings is 1. The smallest absolute Gasteiger partial charge is 0.340 e. The molecule has 27 heavy (non-hydrogen) atoms. The van der Waals surface area contributed by atoms with Gasteiger partial charge in [0.15, 0.2) is 17.7 Å². The lowest BCUT2D eigenvalue weighted by atomic mass is 9.53. The minimum Gasteiger partial charge on any atom is -0.449 e. The van der Waals surface area contributed by atoms with Crippen molar-refractivity contribution in [3.63, 3.8) is 0 Å². The van der Waals surface area contributed by atoms with Crippen molar-refractivity contribution in [2.75, 3.05) is 0 Å². The Bertz CT molecular complexity index is 762. The summed E-state index contributed by atoms with van der Waals surface area (Å²) in [6.07, 6.45) is 5.69. The standard InChI is InChI=1S/C20H22ClF2NO3/c1-10(27-19(26)14-5-16(22)17(23)6-15(14)21)18(25)24-20-7-11-2-12(8-20)4-13(3-11)9-20/h5-6,10-13H,2-4,7-9H2,1H3,(H,24,25)/t10-,11?,12?,13?,20?/m1/s1. The van der Waals surface area contributed by atoms with Gasteiger partial charge in [0.25, 0.3) is 5.91 Å². The molecule has 0 saturated heterocycles. The topological polar surface area (TPSA) is 55.4 Å². The van der Waals surface area contributed by atoms with Gasteiger partial charge >= 0.3 is 5.97 Å². The van der Waals surface area contributed by atoms with E-state index < -0.39 is 23.7 Å². The monoisotopic (exact) mass is 397 g/mol. The van der Waals surface area contributed by atoms with Gasteiger partial charge in [0, 0.05) is 5.54 Å². The average Bonchev–Trinajstić information content (AvgIpc) is 2.56. The number of hydrogen-bond donors (Lipinski definition) is 1. The highest BCUT2D eigenvalue weighted by Crippen LogP contribution is 2.55. The largest absolute Gasteiger partial charge is 0.449 e. The summed E-state index contributed by atoms with van der Waals surface area (Å²) in [5.74, 6) is -1.63. The van der Waals surface area contributed by atoms with Crippen molar-refractivity contribution in [3.8, 4) is 0 Å². The number of halogens is 3. The number of carbonyl (C=O) groups is 2. The summed E-state index contributed by atoms with van der Waals surface area (Å²) < 4.78 is 31.7. The molecular weight excluding hydrogens is 376 g/mol. The number of carbonyl (C=O) groups excluding carboxylic acids is 2. The minimum absolute atomic E-state index is 0.188. The van der Waals surface area contributed by atoms with Crippen LogP contribution in [-0.2, 0) is 9.53 Å². The highest BCUT2D eigenvalue weighted by Gasteiger charge is 2.51. The molecule has 0 unspecified atom stereocenters. The molecule has 1 N–H and O–H groups in total. The number of hydrogen-bond acceptors (Lipinski definition) is 3. The van der Waals surface area contributed by atoms with Gasteiger partial charge in [-0.2, -0.15) is 0 Å². The predicted octanol–water partition coefficient (Wildman–Crippen LogP) is 4.25. The van der Waals surface area contributed by atoms with E-state index in [0.717, 1.165) is 19.3 Å². The zero-order chi connectivity index (χ0) is 19.3. The Balaban J connectivity index is 1.41. The molecule has 0 spiro atoms. The molecule has 0 radical (unpaired) electrons. The van der Waals surface area contributed by atoms with Crippen molar-refractivity contribution >= 4 is 23.5 Å². The maximum absolute atomic E-state index is 13.4. The van der Waals surface area contributed by atoms with Crippen molar-refractivity contribution in [2.24, 2.45) is 17.8 Å². The minimum atomic E-state index is -1.20. The fraction of sp³-hybridized carbons (Fsp3) is 0.600. The first-order valence-electron chi connectivity index (χ1n) is 9.42. The number of ether oxygens (including phenoxy) is 1. The van der Waals surface area contributed by atoms with E-state index in [0.29, 0.717) is 29.9 Å². The van der Waals surface area contributed by atoms with Gasteiger partial charge in [-0.25, -0.2) is 13.6 Å². The van der Waals surface area contributed by atoms with Gasteiger partial charge in [-0.1, -0.05) is 11.6 Å². The molecule has 1 amide bonds. The quantitative estimate of drug-likeness (QED) is 0.610. The van der Waals surface area contributed by atoms with Gasteiger partial charge < -0.3 is 10.1 Å². The molecule has 146 valence electrons. The van der Waals surface area contributed by atoms with E-state index in [4.69, 9.17) is 16.3 Å². The van der Waals surface area contributed by atoms with E-state index >= 15 is 0 Å². The van der Waals surface area contributed by atoms with Crippen molar-refractivity contribution in [1.29, 1.82) is 0 Å². The molecule has 4 saturated carbocycles. The van der Waals surface area contributed by atoms with Crippen LogP contribution >= 0.6 is 11.6 Å². The molecule has 1 aromatic carbocycles. The second-order valence-electron chi connectivity index (χ2n) is 8.48. The van der Waals surface area contributed by atoms with Gasteiger partial charge in [-0.15, -0.1) is 0 Å². The summed E-state index contributed by atoms with van der Waals surface area (Å²) in [6, 6.07) is 1.40. The number of rotatable bonds is 4. The molecule has 4 aliphatic carbocycles. The van der Waals surface area contributed by atoms with Crippen molar-refractivity contribution < 1.29 is 23.1 Å². The van der Waals surface area contributed by atoms with Crippen LogP contribution in [0.3, 0.4) is 0 Å². The number of esters is 1.